The molecule has 2 aromatic carbocycles. The third-order valence-electron chi connectivity index (χ3n) is 3.14. The molecular weight excluding hydrogens is 426 g/mol. The van der Waals surface area contributed by atoms with Crippen molar-refractivity contribution >= 4 is 54.3 Å². The molecule has 0 spiro atoms. The molecule has 1 aromatic heterocycles. The van der Waals surface area contributed by atoms with Crippen LogP contribution in [-0.2, 0) is 10.0 Å². The molecule has 0 aliphatic heterocycles. The van der Waals surface area contributed by atoms with E-state index in [9.17, 15) is 13.5 Å². The number of phenolic OH excluding ortho intramolecular Hbond substituents is 1. The lowest BCUT2D eigenvalue weighted by Crippen LogP contribution is -2.12. The number of benzene rings is 2. The van der Waals surface area contributed by atoms with E-state index in [-0.39, 0.29) is 10.6 Å². The fourth-order valence-electron chi connectivity index (χ4n) is 1.93. The van der Waals surface area contributed by atoms with E-state index < -0.39 is 10.0 Å². The smallest absolute Gasteiger partial charge is 0.263 e. The molecule has 0 unspecified atom stereocenters. The normalized spacial score (nSPS) is 11.7. The highest BCUT2D eigenvalue weighted by Gasteiger charge is 2.15. The molecule has 128 valence electrons. The number of halogens is 1. The van der Waals surface area contributed by atoms with Gasteiger partial charge in [0, 0.05) is 27.8 Å². The summed E-state index contributed by atoms with van der Waals surface area (Å²) < 4.78 is 27.7. The molecule has 0 amide bonds. The first-order chi connectivity index (χ1) is 11.9. The van der Waals surface area contributed by atoms with Gasteiger partial charge >= 0.3 is 0 Å². The van der Waals surface area contributed by atoms with Gasteiger partial charge in [-0.05, 0) is 42.5 Å². The summed E-state index contributed by atoms with van der Waals surface area (Å²) in [6.45, 7) is 0. The van der Waals surface area contributed by atoms with Gasteiger partial charge in [-0.3, -0.25) is 9.71 Å². The topological polar surface area (TPSA) is 91.7 Å². The van der Waals surface area contributed by atoms with Gasteiger partial charge in [-0.2, -0.15) is 0 Å². The molecule has 9 heteroatoms. The summed E-state index contributed by atoms with van der Waals surface area (Å²) in [6.07, 6.45) is 3.04. The van der Waals surface area contributed by atoms with E-state index in [0.717, 1.165) is 4.47 Å². The number of nitrogens with zero attached hydrogens (tertiary/aromatic N) is 2. The second kappa shape index (κ2) is 7.34. The third kappa shape index (κ3) is 4.44. The van der Waals surface area contributed by atoms with Gasteiger partial charge in [-0.25, -0.2) is 13.4 Å². The molecule has 2 N–H and O–H groups in total. The minimum Gasteiger partial charge on any atom is -0.507 e. The van der Waals surface area contributed by atoms with Crippen LogP contribution in [-0.4, -0.2) is 24.7 Å². The van der Waals surface area contributed by atoms with Crippen molar-refractivity contribution in [2.24, 2.45) is 4.99 Å². The zero-order chi connectivity index (χ0) is 17.9. The molecule has 25 heavy (non-hydrogen) atoms. The van der Waals surface area contributed by atoms with E-state index >= 15 is 0 Å². The van der Waals surface area contributed by atoms with Crippen molar-refractivity contribution in [3.05, 3.63) is 64.1 Å². The lowest BCUT2D eigenvalue weighted by Gasteiger charge is -2.05. The molecule has 0 aliphatic carbocycles. The van der Waals surface area contributed by atoms with Crippen molar-refractivity contribution in [3.63, 3.8) is 0 Å². The fraction of sp³-hybridized carbons (Fsp3) is 0. The van der Waals surface area contributed by atoms with Gasteiger partial charge in [-0.1, -0.05) is 15.9 Å². The first-order valence-electron chi connectivity index (χ1n) is 6.99. The van der Waals surface area contributed by atoms with Crippen LogP contribution in [0.15, 0.2) is 68.4 Å². The number of rotatable bonds is 5. The minimum absolute atomic E-state index is 0.110. The Labute approximate surface area is 157 Å². The zero-order valence-electron chi connectivity index (χ0n) is 12.6. The summed E-state index contributed by atoms with van der Waals surface area (Å²) in [7, 11) is -3.68. The zero-order valence-corrected chi connectivity index (χ0v) is 15.8. The Kier molecular flexibility index (Phi) is 5.16. The van der Waals surface area contributed by atoms with Gasteiger partial charge in [0.2, 0.25) is 0 Å². The van der Waals surface area contributed by atoms with Gasteiger partial charge in [0.15, 0.2) is 5.13 Å². The Hall–Kier alpha value is -2.23. The van der Waals surface area contributed by atoms with E-state index in [4.69, 9.17) is 0 Å². The summed E-state index contributed by atoms with van der Waals surface area (Å²) in [5, 5.41) is 11.8. The van der Waals surface area contributed by atoms with Crippen molar-refractivity contribution in [2.75, 3.05) is 4.72 Å². The Morgan fingerprint density at radius 2 is 1.96 bits per heavy atom. The van der Waals surface area contributed by atoms with Crippen molar-refractivity contribution in [1.82, 2.24) is 4.98 Å². The molecular formula is C16H12BrN3O3S2. The Balaban J connectivity index is 1.78. The molecule has 6 nitrogen and oxygen atoms in total. The van der Waals surface area contributed by atoms with E-state index in [1.165, 1.54) is 35.9 Å². The van der Waals surface area contributed by atoms with Crippen molar-refractivity contribution in [3.8, 4) is 5.75 Å². The Morgan fingerprint density at radius 1 is 1.20 bits per heavy atom. The van der Waals surface area contributed by atoms with Crippen LogP contribution in [0.25, 0.3) is 0 Å². The lowest BCUT2D eigenvalue weighted by atomic mass is 10.2. The number of aromatic nitrogens is 1. The van der Waals surface area contributed by atoms with Crippen LogP contribution in [0, 0.1) is 0 Å². The standard InChI is InChI=1S/C16H12BrN3O3S2/c17-12-1-6-15(21)11(9-12)10-19-13-2-4-14(5-3-13)25(22,23)20-16-18-7-8-24-16/h1-10,21H,(H,18,20)/b19-10+. The van der Waals surface area contributed by atoms with Gasteiger partial charge in [0.25, 0.3) is 10.0 Å². The average molecular weight is 438 g/mol. The van der Waals surface area contributed by atoms with Crippen LogP contribution in [0.4, 0.5) is 10.8 Å². The highest BCUT2D eigenvalue weighted by molar-refractivity contribution is 9.10. The molecule has 0 saturated heterocycles. The van der Waals surface area contributed by atoms with E-state index in [1.54, 1.807) is 35.7 Å². The SMILES string of the molecule is O=S(=O)(Nc1nccs1)c1ccc(/N=C/c2cc(Br)ccc2O)cc1. The van der Waals surface area contributed by atoms with Gasteiger partial charge in [0.05, 0.1) is 10.6 Å². The van der Waals surface area contributed by atoms with Crippen LogP contribution in [0.2, 0.25) is 0 Å². The van der Waals surface area contributed by atoms with Crippen molar-refractivity contribution in [1.29, 1.82) is 0 Å². The number of phenols is 1. The molecule has 0 fully saturated rings. The first-order valence-corrected chi connectivity index (χ1v) is 10.1. The number of nitrogens with one attached hydrogen (secondary N) is 1. The molecule has 1 heterocycles. The van der Waals surface area contributed by atoms with Crippen molar-refractivity contribution < 1.29 is 13.5 Å². The molecule has 0 bridgehead atoms. The Morgan fingerprint density at radius 3 is 2.64 bits per heavy atom. The number of thiazole rings is 1. The molecule has 0 atom stereocenters. The number of hydrogen-bond donors (Lipinski definition) is 2. The predicted molar refractivity (Wildman–Crippen MR) is 102 cm³/mol. The molecule has 3 aromatic rings. The van der Waals surface area contributed by atoms with Crippen LogP contribution in [0.1, 0.15) is 5.56 Å². The van der Waals surface area contributed by atoms with E-state index in [2.05, 4.69) is 30.6 Å². The summed E-state index contributed by atoms with van der Waals surface area (Å²) in [5.74, 6) is 0.110. The molecule has 0 saturated carbocycles. The Bertz CT molecular complexity index is 1000. The van der Waals surface area contributed by atoms with Crippen LogP contribution in [0.5, 0.6) is 5.75 Å². The monoisotopic (exact) mass is 437 g/mol. The maximum Gasteiger partial charge on any atom is 0.263 e. The van der Waals surface area contributed by atoms with Crippen LogP contribution < -0.4 is 4.72 Å². The number of aromatic hydroxyl groups is 1. The summed E-state index contributed by atoms with van der Waals surface area (Å²) in [6, 6.07) is 11.1. The van der Waals surface area contributed by atoms with E-state index in [0.29, 0.717) is 16.4 Å². The molecule has 0 aliphatic rings. The quantitative estimate of drug-likeness (QED) is 0.586. The highest BCUT2D eigenvalue weighted by atomic mass is 79.9. The number of aliphatic imine (C=N–C) groups is 1. The van der Waals surface area contributed by atoms with Crippen LogP contribution >= 0.6 is 27.3 Å². The maximum absolute atomic E-state index is 12.3. The average Bonchev–Trinajstić information content (AvgIpc) is 3.08. The number of anilines is 1. The predicted octanol–water partition coefficient (Wildman–Crippen LogP) is 4.16. The second-order valence-corrected chi connectivity index (χ2v) is 8.39. The van der Waals surface area contributed by atoms with Gasteiger partial charge in [0.1, 0.15) is 5.75 Å². The van der Waals surface area contributed by atoms with Gasteiger partial charge < -0.3 is 5.11 Å². The van der Waals surface area contributed by atoms with Crippen molar-refractivity contribution in [2.45, 2.75) is 4.90 Å². The number of sulfonamides is 1. The van der Waals surface area contributed by atoms with Gasteiger partial charge in [-0.15, -0.1) is 11.3 Å². The fourth-order valence-corrected chi connectivity index (χ4v) is 4.10. The lowest BCUT2D eigenvalue weighted by molar-refractivity contribution is 0.474. The highest BCUT2D eigenvalue weighted by Crippen LogP contribution is 2.23. The summed E-state index contributed by atoms with van der Waals surface area (Å²) in [4.78, 5) is 8.26. The third-order valence-corrected chi connectivity index (χ3v) is 5.81. The summed E-state index contributed by atoms with van der Waals surface area (Å²) >= 11 is 4.53. The van der Waals surface area contributed by atoms with Crippen LogP contribution in [0.3, 0.4) is 0 Å². The largest absolute Gasteiger partial charge is 0.507 e. The van der Waals surface area contributed by atoms with E-state index in [1.807, 2.05) is 0 Å². The summed E-state index contributed by atoms with van der Waals surface area (Å²) in [5.41, 5.74) is 1.11. The first kappa shape index (κ1) is 17.6. The maximum atomic E-state index is 12.3. The second-order valence-electron chi connectivity index (χ2n) is 4.90. The molecule has 0 radical (unpaired) electrons. The molecule has 3 rings (SSSR count). The number of hydrogen-bond acceptors (Lipinski definition) is 6. The minimum atomic E-state index is -3.68.